The number of rotatable bonds is 6. The fourth-order valence-electron chi connectivity index (χ4n) is 5.11. The maximum absolute atomic E-state index is 14.0. The van der Waals surface area contributed by atoms with Gasteiger partial charge in [-0.25, -0.2) is 4.98 Å². The number of fused-ring (bicyclic) bond motifs is 1. The molecule has 0 aliphatic carbocycles. The number of piperazine rings is 1. The monoisotopic (exact) mass is 535 g/mol. The van der Waals surface area contributed by atoms with Gasteiger partial charge < -0.3 is 5.32 Å². The molecule has 1 fully saturated rings. The second-order valence-electron chi connectivity index (χ2n) is 10.3. The van der Waals surface area contributed by atoms with Crippen LogP contribution >= 0.6 is 0 Å². The molecule has 3 heterocycles. The summed E-state index contributed by atoms with van der Waals surface area (Å²) in [6.45, 7) is 9.52. The van der Waals surface area contributed by atoms with Crippen molar-refractivity contribution in [1.29, 1.82) is 0 Å². The van der Waals surface area contributed by atoms with E-state index in [4.69, 9.17) is 0 Å². The molecule has 0 saturated carbocycles. The van der Waals surface area contributed by atoms with Crippen LogP contribution in [-0.4, -0.2) is 57.3 Å². The largest absolute Gasteiger partial charge is 0.416 e. The van der Waals surface area contributed by atoms with E-state index in [0.29, 0.717) is 11.6 Å². The summed E-state index contributed by atoms with van der Waals surface area (Å²) in [5.41, 5.74) is 3.34. The zero-order valence-corrected chi connectivity index (χ0v) is 22.3. The van der Waals surface area contributed by atoms with Gasteiger partial charge in [-0.15, -0.1) is 0 Å². The Bertz CT molecular complexity index is 1490. The summed E-state index contributed by atoms with van der Waals surface area (Å²) in [6, 6.07) is 15.4. The number of benzene rings is 2. The average molecular weight is 536 g/mol. The van der Waals surface area contributed by atoms with Crippen molar-refractivity contribution in [2.24, 2.45) is 0 Å². The minimum Gasteiger partial charge on any atom is -0.322 e. The lowest BCUT2D eigenvalue weighted by Crippen LogP contribution is -2.48. The van der Waals surface area contributed by atoms with Crippen molar-refractivity contribution in [3.05, 3.63) is 89.2 Å². The van der Waals surface area contributed by atoms with Gasteiger partial charge in [0, 0.05) is 61.8 Å². The SMILES string of the molecule is Cc1ccc(C(=O)Nc2ccc(CN3CCN(C(C)C)CC3)c(C(F)(F)F)c2)cc1-c1cnc2ccccn12. The molecule has 0 radical (unpaired) electrons. The van der Waals surface area contributed by atoms with Crippen molar-refractivity contribution in [3.63, 3.8) is 0 Å². The molecule has 1 amide bonds. The molecule has 1 aliphatic rings. The number of imidazole rings is 1. The number of hydrogen-bond acceptors (Lipinski definition) is 4. The van der Waals surface area contributed by atoms with Crippen LogP contribution in [-0.2, 0) is 12.7 Å². The Balaban J connectivity index is 1.36. The lowest BCUT2D eigenvalue weighted by Gasteiger charge is -2.37. The van der Waals surface area contributed by atoms with Gasteiger partial charge in [-0.05, 0) is 68.3 Å². The first-order valence-corrected chi connectivity index (χ1v) is 13.1. The first kappa shape index (κ1) is 26.9. The molecule has 0 spiro atoms. The molecular weight excluding hydrogens is 503 g/mol. The molecule has 0 atom stereocenters. The van der Waals surface area contributed by atoms with Crippen LogP contribution in [0.5, 0.6) is 0 Å². The first-order chi connectivity index (χ1) is 18.6. The van der Waals surface area contributed by atoms with Gasteiger partial charge in [0.15, 0.2) is 0 Å². The van der Waals surface area contributed by atoms with Crippen molar-refractivity contribution in [3.8, 4) is 11.3 Å². The number of halogens is 3. The molecule has 1 N–H and O–H groups in total. The Morgan fingerprint density at radius 3 is 2.51 bits per heavy atom. The number of aromatic nitrogens is 2. The Labute approximate surface area is 226 Å². The van der Waals surface area contributed by atoms with Crippen molar-refractivity contribution < 1.29 is 18.0 Å². The van der Waals surface area contributed by atoms with Gasteiger partial charge >= 0.3 is 6.18 Å². The highest BCUT2D eigenvalue weighted by molar-refractivity contribution is 6.05. The van der Waals surface area contributed by atoms with E-state index in [0.717, 1.165) is 54.7 Å². The van der Waals surface area contributed by atoms with Crippen LogP contribution < -0.4 is 5.32 Å². The molecule has 0 unspecified atom stereocenters. The van der Waals surface area contributed by atoms with Gasteiger partial charge in [-0.3, -0.25) is 19.0 Å². The average Bonchev–Trinajstić information content (AvgIpc) is 3.33. The Hall–Kier alpha value is -3.69. The Morgan fingerprint density at radius 2 is 1.79 bits per heavy atom. The van der Waals surface area contributed by atoms with Crippen LogP contribution in [0, 0.1) is 6.92 Å². The highest BCUT2D eigenvalue weighted by Gasteiger charge is 2.34. The van der Waals surface area contributed by atoms with E-state index in [2.05, 4.69) is 33.9 Å². The number of nitrogens with zero attached hydrogens (tertiary/aromatic N) is 4. The molecular formula is C30H32F3N5O. The molecule has 4 aromatic rings. The molecule has 1 saturated heterocycles. The van der Waals surface area contributed by atoms with Crippen molar-refractivity contribution in [2.75, 3.05) is 31.5 Å². The van der Waals surface area contributed by atoms with Gasteiger partial charge in [-0.1, -0.05) is 18.2 Å². The second-order valence-corrected chi connectivity index (χ2v) is 10.3. The zero-order chi connectivity index (χ0) is 27.7. The van der Waals surface area contributed by atoms with Gasteiger partial charge in [0.1, 0.15) is 5.65 Å². The van der Waals surface area contributed by atoms with E-state index in [9.17, 15) is 18.0 Å². The van der Waals surface area contributed by atoms with E-state index in [1.807, 2.05) is 41.8 Å². The summed E-state index contributed by atoms with van der Waals surface area (Å²) in [5, 5.41) is 2.67. The van der Waals surface area contributed by atoms with Crippen LogP contribution in [0.3, 0.4) is 0 Å². The highest BCUT2D eigenvalue weighted by atomic mass is 19.4. The van der Waals surface area contributed by atoms with E-state index in [1.54, 1.807) is 24.4 Å². The number of hydrogen-bond donors (Lipinski definition) is 1. The molecule has 6 nitrogen and oxygen atoms in total. The molecule has 9 heteroatoms. The molecule has 5 rings (SSSR count). The topological polar surface area (TPSA) is 52.9 Å². The molecule has 39 heavy (non-hydrogen) atoms. The van der Waals surface area contributed by atoms with Crippen molar-refractivity contribution >= 4 is 17.2 Å². The summed E-state index contributed by atoms with van der Waals surface area (Å²) in [4.78, 5) is 21.9. The lowest BCUT2D eigenvalue weighted by atomic mass is 10.0. The zero-order valence-electron chi connectivity index (χ0n) is 22.3. The van der Waals surface area contributed by atoms with E-state index in [-0.39, 0.29) is 17.8 Å². The maximum Gasteiger partial charge on any atom is 0.416 e. The maximum atomic E-state index is 14.0. The number of carbonyl (C=O) groups is 1. The Kier molecular flexibility index (Phi) is 7.46. The van der Waals surface area contributed by atoms with Crippen molar-refractivity contribution in [1.82, 2.24) is 19.2 Å². The van der Waals surface area contributed by atoms with Crippen LogP contribution in [0.25, 0.3) is 16.9 Å². The molecule has 1 aliphatic heterocycles. The normalized spacial score (nSPS) is 15.3. The third-order valence-electron chi connectivity index (χ3n) is 7.40. The number of aryl methyl sites for hydroxylation is 1. The third kappa shape index (κ3) is 5.84. The number of amides is 1. The summed E-state index contributed by atoms with van der Waals surface area (Å²) in [5.74, 6) is -0.476. The summed E-state index contributed by atoms with van der Waals surface area (Å²) in [6.07, 6.45) is -0.888. The van der Waals surface area contributed by atoms with Gasteiger partial charge in [0.25, 0.3) is 5.91 Å². The molecule has 2 aromatic heterocycles. The van der Waals surface area contributed by atoms with Crippen LogP contribution in [0.2, 0.25) is 0 Å². The second kappa shape index (κ2) is 10.8. The van der Waals surface area contributed by atoms with E-state index in [1.165, 1.54) is 6.07 Å². The number of pyridine rings is 1. The third-order valence-corrected chi connectivity index (χ3v) is 7.40. The predicted molar refractivity (Wildman–Crippen MR) is 147 cm³/mol. The first-order valence-electron chi connectivity index (χ1n) is 13.1. The number of anilines is 1. The number of alkyl halides is 3. The number of carbonyl (C=O) groups excluding carboxylic acids is 1. The minimum atomic E-state index is -4.53. The van der Waals surface area contributed by atoms with E-state index < -0.39 is 17.6 Å². The fraction of sp³-hybridized carbons (Fsp3) is 0.333. The van der Waals surface area contributed by atoms with Gasteiger partial charge in [0.05, 0.1) is 17.5 Å². The number of nitrogens with one attached hydrogen (secondary N) is 1. The predicted octanol–water partition coefficient (Wildman–Crippen LogP) is 6.11. The van der Waals surface area contributed by atoms with Crippen LogP contribution in [0.1, 0.15) is 40.9 Å². The molecule has 0 bridgehead atoms. The van der Waals surface area contributed by atoms with Gasteiger partial charge in [-0.2, -0.15) is 13.2 Å². The van der Waals surface area contributed by atoms with E-state index >= 15 is 0 Å². The summed E-state index contributed by atoms with van der Waals surface area (Å²) >= 11 is 0. The lowest BCUT2D eigenvalue weighted by molar-refractivity contribution is -0.138. The fourth-order valence-corrected chi connectivity index (χ4v) is 5.11. The summed E-state index contributed by atoms with van der Waals surface area (Å²) in [7, 11) is 0. The van der Waals surface area contributed by atoms with Crippen LogP contribution in [0.4, 0.5) is 18.9 Å². The smallest absolute Gasteiger partial charge is 0.322 e. The Morgan fingerprint density at radius 1 is 1.03 bits per heavy atom. The minimum absolute atomic E-state index is 0.109. The standard InChI is InChI=1S/C30H32F3N5O/c1-20(2)37-14-12-36(13-15-37)19-23-9-10-24(17-26(23)30(31,32)33)35-29(39)22-8-7-21(3)25(16-22)27-18-34-28-6-4-5-11-38(27)28/h4-11,16-18,20H,12-15,19H2,1-3H3,(H,35,39). The molecule has 204 valence electrons. The van der Waals surface area contributed by atoms with Crippen LogP contribution in [0.15, 0.2) is 67.0 Å². The van der Waals surface area contributed by atoms with Gasteiger partial charge in [0.2, 0.25) is 0 Å². The highest BCUT2D eigenvalue weighted by Crippen LogP contribution is 2.35. The quantitative estimate of drug-likeness (QED) is 0.324. The molecule has 2 aromatic carbocycles. The van der Waals surface area contributed by atoms with Crippen molar-refractivity contribution in [2.45, 2.75) is 39.5 Å². The summed E-state index contributed by atoms with van der Waals surface area (Å²) < 4.78 is 44.1.